The maximum Gasteiger partial charge on any atom is 0.295 e. The first-order chi connectivity index (χ1) is 14.4. The lowest BCUT2D eigenvalue weighted by Crippen LogP contribution is -3.06. The molecular formula is C23H27N2O5+. The Hall–Kier alpha value is -3.32. The predicted molar refractivity (Wildman–Crippen MR) is 113 cm³/mol. The number of likely N-dealkylation sites (tertiary alicyclic amines) is 1. The molecule has 0 aromatic heterocycles. The van der Waals surface area contributed by atoms with Crippen LogP contribution in [0.2, 0.25) is 0 Å². The number of carbonyl (C=O) groups is 2. The molecule has 1 saturated heterocycles. The molecule has 1 heterocycles. The van der Waals surface area contributed by atoms with Crippen molar-refractivity contribution in [2.75, 3.05) is 41.4 Å². The number of nitrogens with zero attached hydrogens (tertiary/aromatic N) is 1. The lowest BCUT2D eigenvalue weighted by molar-refractivity contribution is -0.857. The number of likely N-dealkylation sites (N-methyl/N-ethyl adjacent to an activating group) is 1. The second kappa shape index (κ2) is 9.00. The lowest BCUT2D eigenvalue weighted by atomic mass is 9.95. The first-order valence-corrected chi connectivity index (χ1v) is 9.73. The zero-order valence-electron chi connectivity index (χ0n) is 17.6. The molecule has 7 nitrogen and oxygen atoms in total. The molecule has 30 heavy (non-hydrogen) atoms. The number of carbonyl (C=O) groups excluding carboxylic acids is 2. The Bertz CT molecular complexity index is 983. The van der Waals surface area contributed by atoms with E-state index in [9.17, 15) is 14.7 Å². The highest BCUT2D eigenvalue weighted by Gasteiger charge is 2.46. The Kier molecular flexibility index (Phi) is 6.42. The van der Waals surface area contributed by atoms with E-state index in [-0.39, 0.29) is 11.3 Å². The van der Waals surface area contributed by atoms with E-state index < -0.39 is 17.7 Å². The van der Waals surface area contributed by atoms with Crippen molar-refractivity contribution in [3.05, 3.63) is 65.2 Å². The van der Waals surface area contributed by atoms with E-state index in [2.05, 4.69) is 0 Å². The topological polar surface area (TPSA) is 80.5 Å². The summed E-state index contributed by atoms with van der Waals surface area (Å²) in [6, 6.07) is 13.3. The van der Waals surface area contributed by atoms with Crippen LogP contribution in [-0.2, 0) is 9.59 Å². The van der Waals surface area contributed by atoms with Gasteiger partial charge in [-0.3, -0.25) is 9.59 Å². The summed E-state index contributed by atoms with van der Waals surface area (Å²) in [6.45, 7) is 1.04. The molecule has 1 aliphatic heterocycles. The number of nitrogens with one attached hydrogen (secondary N) is 1. The largest absolute Gasteiger partial charge is 0.507 e. The molecule has 2 aromatic carbocycles. The van der Waals surface area contributed by atoms with Gasteiger partial charge in [-0.1, -0.05) is 24.3 Å². The van der Waals surface area contributed by atoms with Crippen molar-refractivity contribution in [3.63, 3.8) is 0 Å². The maximum absolute atomic E-state index is 13.0. The van der Waals surface area contributed by atoms with E-state index >= 15 is 0 Å². The highest BCUT2D eigenvalue weighted by Crippen LogP contribution is 2.40. The van der Waals surface area contributed by atoms with Crippen molar-refractivity contribution < 1.29 is 29.1 Å². The predicted octanol–water partition coefficient (Wildman–Crippen LogP) is 1.27. The Morgan fingerprint density at radius 3 is 2.30 bits per heavy atom. The average molecular weight is 411 g/mol. The number of Topliss-reactive ketones (excluding diaryl/α,β-unsaturated/α-hetero) is 1. The number of quaternary nitrogens is 1. The van der Waals surface area contributed by atoms with Crippen LogP contribution in [0.25, 0.3) is 5.76 Å². The highest BCUT2D eigenvalue weighted by atomic mass is 16.5. The summed E-state index contributed by atoms with van der Waals surface area (Å²) in [7, 11) is 7.04. The molecule has 0 bridgehead atoms. The van der Waals surface area contributed by atoms with Crippen LogP contribution >= 0.6 is 0 Å². The van der Waals surface area contributed by atoms with Crippen LogP contribution in [-0.4, -0.2) is 63.1 Å². The number of hydrogen-bond acceptors (Lipinski definition) is 5. The van der Waals surface area contributed by atoms with Gasteiger partial charge >= 0.3 is 0 Å². The lowest BCUT2D eigenvalue weighted by Gasteiger charge is -2.26. The van der Waals surface area contributed by atoms with Crippen molar-refractivity contribution >= 4 is 17.4 Å². The van der Waals surface area contributed by atoms with Crippen molar-refractivity contribution in [2.24, 2.45) is 0 Å². The van der Waals surface area contributed by atoms with Crippen LogP contribution in [0, 0.1) is 0 Å². The van der Waals surface area contributed by atoms with Gasteiger partial charge in [0.15, 0.2) is 0 Å². The van der Waals surface area contributed by atoms with Gasteiger partial charge < -0.3 is 24.4 Å². The fourth-order valence-corrected chi connectivity index (χ4v) is 3.54. The number of aliphatic hydroxyl groups excluding tert-OH is 1. The second-order valence-corrected chi connectivity index (χ2v) is 7.46. The molecular weight excluding hydrogens is 384 g/mol. The Morgan fingerprint density at radius 2 is 1.67 bits per heavy atom. The van der Waals surface area contributed by atoms with Crippen molar-refractivity contribution in [2.45, 2.75) is 6.04 Å². The third-order valence-corrected chi connectivity index (χ3v) is 5.15. The van der Waals surface area contributed by atoms with E-state index in [1.165, 1.54) is 12.0 Å². The first-order valence-electron chi connectivity index (χ1n) is 9.73. The van der Waals surface area contributed by atoms with Gasteiger partial charge in [0.25, 0.3) is 11.7 Å². The van der Waals surface area contributed by atoms with Gasteiger partial charge in [0.05, 0.1) is 53.0 Å². The highest BCUT2D eigenvalue weighted by molar-refractivity contribution is 6.46. The Balaban J connectivity index is 2.16. The average Bonchev–Trinajstić information content (AvgIpc) is 3.01. The SMILES string of the molecule is COc1cccc(C(O)=C2C(=O)C(=O)N(CC[NH+](C)C)[C@H]2c2cccc(OC)c2)c1. The molecule has 3 rings (SSSR count). The third-order valence-electron chi connectivity index (χ3n) is 5.15. The summed E-state index contributed by atoms with van der Waals surface area (Å²) in [6.07, 6.45) is 0. The fraction of sp³-hybridized carbons (Fsp3) is 0.304. The zero-order chi connectivity index (χ0) is 21.8. The van der Waals surface area contributed by atoms with Crippen LogP contribution in [0.3, 0.4) is 0 Å². The molecule has 1 atom stereocenters. The summed E-state index contributed by atoms with van der Waals surface area (Å²) >= 11 is 0. The Labute approximate surface area is 176 Å². The molecule has 0 spiro atoms. The van der Waals surface area contributed by atoms with Gasteiger partial charge in [-0.05, 0) is 29.8 Å². The van der Waals surface area contributed by atoms with Gasteiger partial charge in [-0.25, -0.2) is 0 Å². The zero-order valence-corrected chi connectivity index (χ0v) is 17.6. The molecule has 2 aromatic rings. The van der Waals surface area contributed by atoms with Crippen LogP contribution in [0.1, 0.15) is 17.2 Å². The summed E-state index contributed by atoms with van der Waals surface area (Å²) in [5.74, 6) is -0.384. The van der Waals surface area contributed by atoms with Crippen molar-refractivity contribution in [3.8, 4) is 11.5 Å². The number of amides is 1. The minimum absolute atomic E-state index is 0.0651. The fourth-order valence-electron chi connectivity index (χ4n) is 3.54. The summed E-state index contributed by atoms with van der Waals surface area (Å²) in [5, 5.41) is 11.1. The molecule has 2 N–H and O–H groups in total. The number of ketones is 1. The molecule has 1 fully saturated rings. The number of rotatable bonds is 7. The molecule has 0 unspecified atom stereocenters. The number of benzene rings is 2. The molecule has 0 aliphatic carbocycles. The monoisotopic (exact) mass is 411 g/mol. The normalized spacial score (nSPS) is 18.2. The molecule has 0 radical (unpaired) electrons. The molecule has 1 aliphatic rings. The second-order valence-electron chi connectivity index (χ2n) is 7.46. The standard InChI is InChI=1S/C23H26N2O5/c1-24(2)11-12-25-20(15-7-5-9-17(13-15)29-3)19(22(27)23(25)28)21(26)16-8-6-10-18(14-16)30-4/h5-10,13-14,20,26H,11-12H2,1-4H3/p+1/t20-/m0/s1. The smallest absolute Gasteiger partial charge is 0.295 e. The molecule has 1 amide bonds. The van der Waals surface area contributed by atoms with Gasteiger partial charge in [0.2, 0.25) is 0 Å². The summed E-state index contributed by atoms with van der Waals surface area (Å²) < 4.78 is 10.6. The van der Waals surface area contributed by atoms with E-state index in [1.807, 2.05) is 20.2 Å². The molecule has 158 valence electrons. The van der Waals surface area contributed by atoms with Crippen molar-refractivity contribution in [1.82, 2.24) is 4.90 Å². The van der Waals surface area contributed by atoms with E-state index in [1.54, 1.807) is 49.6 Å². The van der Waals surface area contributed by atoms with Gasteiger partial charge in [-0.2, -0.15) is 0 Å². The van der Waals surface area contributed by atoms with E-state index in [0.29, 0.717) is 35.7 Å². The first kappa shape index (κ1) is 21.4. The molecule has 7 heteroatoms. The summed E-state index contributed by atoms with van der Waals surface area (Å²) in [5.41, 5.74) is 1.18. The Morgan fingerprint density at radius 1 is 1.03 bits per heavy atom. The number of methoxy groups -OCH3 is 2. The maximum atomic E-state index is 13.0. The van der Waals surface area contributed by atoms with Gasteiger partial charge in [-0.15, -0.1) is 0 Å². The van der Waals surface area contributed by atoms with Crippen LogP contribution in [0.5, 0.6) is 11.5 Å². The van der Waals surface area contributed by atoms with E-state index in [4.69, 9.17) is 9.47 Å². The number of aliphatic hydroxyl groups is 1. The van der Waals surface area contributed by atoms with E-state index in [0.717, 1.165) is 4.90 Å². The van der Waals surface area contributed by atoms with Gasteiger partial charge in [0, 0.05) is 5.56 Å². The summed E-state index contributed by atoms with van der Waals surface area (Å²) in [4.78, 5) is 28.6. The van der Waals surface area contributed by atoms with Crippen LogP contribution in [0.15, 0.2) is 54.1 Å². The quantitative estimate of drug-likeness (QED) is 0.408. The number of ether oxygens (including phenoxy) is 2. The van der Waals surface area contributed by atoms with Crippen LogP contribution in [0.4, 0.5) is 0 Å². The van der Waals surface area contributed by atoms with Crippen molar-refractivity contribution in [1.29, 1.82) is 0 Å². The third kappa shape index (κ3) is 4.16. The minimum atomic E-state index is -0.703. The minimum Gasteiger partial charge on any atom is -0.507 e. The van der Waals surface area contributed by atoms with Gasteiger partial charge in [0.1, 0.15) is 17.3 Å². The molecule has 0 saturated carbocycles. The number of hydrogen-bond donors (Lipinski definition) is 2. The van der Waals surface area contributed by atoms with Crippen LogP contribution < -0.4 is 14.4 Å².